The van der Waals surface area contributed by atoms with Gasteiger partial charge in [-0.1, -0.05) is 12.1 Å². The standard InChI is InChI=1S/C26H18F2N6OS/c1-12(13-3-2-7-33-24(13)31)34-8-6-14-16(26(34)35)9-20(28)21(17(14)10-29)15-4-5-19(27)23-22(15)18(11-30)25(32)36-23/h2-5,7,9,12H,6,8,32H2,1H3,(H2,31,33). The largest absolute Gasteiger partial charge is 0.389 e. The average Bonchev–Trinajstić information content (AvgIpc) is 3.21. The van der Waals surface area contributed by atoms with Gasteiger partial charge in [-0.15, -0.1) is 11.3 Å². The van der Waals surface area contributed by atoms with Gasteiger partial charge < -0.3 is 16.4 Å². The van der Waals surface area contributed by atoms with Gasteiger partial charge in [0.05, 0.1) is 21.9 Å². The van der Waals surface area contributed by atoms with Gasteiger partial charge in [-0.05, 0) is 42.7 Å². The maximum atomic E-state index is 15.7. The summed E-state index contributed by atoms with van der Waals surface area (Å²) in [6.45, 7) is 2.08. The molecule has 0 radical (unpaired) electrons. The van der Waals surface area contributed by atoms with Crippen LogP contribution in [0.5, 0.6) is 0 Å². The Morgan fingerprint density at radius 1 is 1.11 bits per heavy atom. The van der Waals surface area contributed by atoms with E-state index in [4.69, 9.17) is 11.5 Å². The van der Waals surface area contributed by atoms with E-state index in [2.05, 4.69) is 4.98 Å². The van der Waals surface area contributed by atoms with Gasteiger partial charge in [-0.2, -0.15) is 10.5 Å². The smallest absolute Gasteiger partial charge is 0.254 e. The number of anilines is 2. The molecule has 1 unspecified atom stereocenters. The average molecular weight is 501 g/mol. The molecule has 5 rings (SSSR count). The quantitative estimate of drug-likeness (QED) is 0.411. The lowest BCUT2D eigenvalue weighted by atomic mass is 9.86. The molecule has 1 aliphatic heterocycles. The summed E-state index contributed by atoms with van der Waals surface area (Å²) >= 11 is 0.889. The molecule has 4 N–H and O–H groups in total. The van der Waals surface area contributed by atoms with Crippen LogP contribution in [0.3, 0.4) is 0 Å². The van der Waals surface area contributed by atoms with Gasteiger partial charge in [-0.3, -0.25) is 4.79 Å². The van der Waals surface area contributed by atoms with E-state index in [1.807, 2.05) is 19.1 Å². The predicted molar refractivity (Wildman–Crippen MR) is 133 cm³/mol. The lowest BCUT2D eigenvalue weighted by Crippen LogP contribution is -2.40. The van der Waals surface area contributed by atoms with Crippen LogP contribution in [-0.4, -0.2) is 22.3 Å². The molecule has 2 aromatic carbocycles. The molecule has 0 spiro atoms. The van der Waals surface area contributed by atoms with Crippen molar-refractivity contribution >= 4 is 38.1 Å². The number of fused-ring (bicyclic) bond motifs is 2. The summed E-state index contributed by atoms with van der Waals surface area (Å²) in [4.78, 5) is 19.1. The predicted octanol–water partition coefficient (Wildman–Crippen LogP) is 4.91. The summed E-state index contributed by atoms with van der Waals surface area (Å²) in [6.07, 6.45) is 1.85. The van der Waals surface area contributed by atoms with E-state index < -0.39 is 23.6 Å². The summed E-state index contributed by atoms with van der Waals surface area (Å²) in [5.41, 5.74) is 13.2. The number of hydrogen-bond acceptors (Lipinski definition) is 7. The van der Waals surface area contributed by atoms with E-state index in [1.54, 1.807) is 23.2 Å². The molecule has 0 aliphatic carbocycles. The fourth-order valence-corrected chi connectivity index (χ4v) is 5.80. The molecule has 2 aromatic heterocycles. The SMILES string of the molecule is CC(c1cccnc1N)N1CCc2c(cc(F)c(-c3ccc(F)c4sc(N)c(C#N)c34)c2C#N)C1=O. The van der Waals surface area contributed by atoms with Crippen molar-refractivity contribution in [2.24, 2.45) is 0 Å². The van der Waals surface area contributed by atoms with Crippen LogP contribution in [0.1, 0.15) is 45.6 Å². The molecule has 1 amide bonds. The first-order chi connectivity index (χ1) is 17.3. The number of halogens is 2. The number of hydrogen-bond donors (Lipinski definition) is 2. The highest BCUT2D eigenvalue weighted by atomic mass is 32.1. The summed E-state index contributed by atoms with van der Waals surface area (Å²) in [5.74, 6) is -1.56. The van der Waals surface area contributed by atoms with E-state index >= 15 is 4.39 Å². The second-order valence-corrected chi connectivity index (χ2v) is 9.45. The number of carbonyl (C=O) groups excluding carboxylic acids is 1. The summed E-state index contributed by atoms with van der Waals surface area (Å²) in [6, 6.07) is 10.7. The van der Waals surface area contributed by atoms with Crippen molar-refractivity contribution in [2.45, 2.75) is 19.4 Å². The van der Waals surface area contributed by atoms with Crippen molar-refractivity contribution in [3.8, 4) is 23.3 Å². The van der Waals surface area contributed by atoms with Crippen LogP contribution in [-0.2, 0) is 6.42 Å². The summed E-state index contributed by atoms with van der Waals surface area (Å²) in [5, 5.41) is 19.9. The van der Waals surface area contributed by atoms with Crippen LogP contribution in [0.4, 0.5) is 19.6 Å². The maximum Gasteiger partial charge on any atom is 0.254 e. The molecular formula is C26H18F2N6OS. The summed E-state index contributed by atoms with van der Waals surface area (Å²) in [7, 11) is 0. The van der Waals surface area contributed by atoms with Gasteiger partial charge in [-0.25, -0.2) is 13.8 Å². The number of carbonyl (C=O) groups is 1. The van der Waals surface area contributed by atoms with Gasteiger partial charge in [0.15, 0.2) is 0 Å². The van der Waals surface area contributed by atoms with Crippen LogP contribution >= 0.6 is 11.3 Å². The fraction of sp³-hybridized carbons (Fsp3) is 0.154. The third kappa shape index (κ3) is 3.35. The molecule has 10 heteroatoms. The number of thiophene rings is 1. The number of rotatable bonds is 3. The topological polar surface area (TPSA) is 133 Å². The second kappa shape index (κ2) is 8.59. The lowest BCUT2D eigenvalue weighted by molar-refractivity contribution is 0.0672. The third-order valence-electron chi connectivity index (χ3n) is 6.58. The highest BCUT2D eigenvalue weighted by molar-refractivity contribution is 7.23. The molecule has 1 aliphatic rings. The summed E-state index contributed by atoms with van der Waals surface area (Å²) < 4.78 is 30.3. The van der Waals surface area contributed by atoms with Gasteiger partial charge in [0.2, 0.25) is 0 Å². The molecule has 1 atom stereocenters. The minimum atomic E-state index is -0.824. The van der Waals surface area contributed by atoms with Crippen LogP contribution in [0.2, 0.25) is 0 Å². The van der Waals surface area contributed by atoms with E-state index in [0.29, 0.717) is 23.4 Å². The lowest BCUT2D eigenvalue weighted by Gasteiger charge is -2.35. The van der Waals surface area contributed by atoms with E-state index in [1.165, 1.54) is 6.07 Å². The normalized spacial score (nSPS) is 13.8. The van der Waals surface area contributed by atoms with Gasteiger partial charge >= 0.3 is 0 Å². The Balaban J connectivity index is 1.68. The van der Waals surface area contributed by atoms with Crippen molar-refractivity contribution in [1.82, 2.24) is 9.88 Å². The molecule has 3 heterocycles. The van der Waals surface area contributed by atoms with Crippen LogP contribution in [0, 0.1) is 34.3 Å². The number of nitriles is 2. The minimum Gasteiger partial charge on any atom is -0.389 e. The fourth-order valence-electron chi connectivity index (χ4n) is 4.85. The Bertz CT molecular complexity index is 1670. The minimum absolute atomic E-state index is 0.0203. The molecule has 36 heavy (non-hydrogen) atoms. The highest BCUT2D eigenvalue weighted by Gasteiger charge is 2.34. The van der Waals surface area contributed by atoms with E-state index in [-0.39, 0.29) is 49.4 Å². The first-order valence-electron chi connectivity index (χ1n) is 11.0. The van der Waals surface area contributed by atoms with Crippen LogP contribution in [0.25, 0.3) is 21.2 Å². The molecule has 178 valence electrons. The Labute approximate surface area is 208 Å². The Kier molecular flexibility index (Phi) is 5.54. The molecule has 0 saturated carbocycles. The number of aromatic nitrogens is 1. The molecule has 4 aromatic rings. The van der Waals surface area contributed by atoms with Crippen molar-refractivity contribution in [2.75, 3.05) is 18.0 Å². The van der Waals surface area contributed by atoms with Crippen LogP contribution < -0.4 is 11.5 Å². The Hall–Kier alpha value is -4.54. The zero-order valence-corrected chi connectivity index (χ0v) is 19.8. The Morgan fingerprint density at radius 2 is 1.86 bits per heavy atom. The molecular weight excluding hydrogens is 482 g/mol. The van der Waals surface area contributed by atoms with Crippen molar-refractivity contribution < 1.29 is 13.6 Å². The van der Waals surface area contributed by atoms with Crippen LogP contribution in [0.15, 0.2) is 36.5 Å². The number of amides is 1. The van der Waals surface area contributed by atoms with E-state index in [0.717, 1.165) is 23.5 Å². The number of benzene rings is 2. The zero-order chi connectivity index (χ0) is 25.7. The van der Waals surface area contributed by atoms with Gasteiger partial charge in [0.1, 0.15) is 34.6 Å². The highest BCUT2D eigenvalue weighted by Crippen LogP contribution is 2.44. The maximum absolute atomic E-state index is 15.7. The Morgan fingerprint density at radius 3 is 2.56 bits per heavy atom. The third-order valence-corrected chi connectivity index (χ3v) is 7.61. The molecule has 7 nitrogen and oxygen atoms in total. The zero-order valence-electron chi connectivity index (χ0n) is 19.0. The number of pyridine rings is 1. The number of nitrogen functional groups attached to an aromatic ring is 2. The number of nitrogens with zero attached hydrogens (tertiary/aromatic N) is 4. The molecule has 0 saturated heterocycles. The number of nitrogens with two attached hydrogens (primary N) is 2. The van der Waals surface area contributed by atoms with Crippen molar-refractivity contribution in [1.29, 1.82) is 10.5 Å². The molecule has 0 fully saturated rings. The monoisotopic (exact) mass is 500 g/mol. The second-order valence-electron chi connectivity index (χ2n) is 8.40. The first-order valence-corrected chi connectivity index (χ1v) is 11.8. The van der Waals surface area contributed by atoms with E-state index in [9.17, 15) is 19.7 Å². The van der Waals surface area contributed by atoms with Crippen molar-refractivity contribution in [3.05, 3.63) is 76.0 Å². The first kappa shape index (κ1) is 23.2. The molecule has 0 bridgehead atoms. The van der Waals surface area contributed by atoms with Gasteiger partial charge in [0, 0.05) is 34.8 Å². The van der Waals surface area contributed by atoms with Crippen molar-refractivity contribution in [3.63, 3.8) is 0 Å². The van der Waals surface area contributed by atoms with Gasteiger partial charge in [0.25, 0.3) is 5.91 Å².